The Kier molecular flexibility index (Phi) is 5.60. The number of thiazole rings is 1. The zero-order chi connectivity index (χ0) is 20.6. The van der Waals surface area contributed by atoms with E-state index in [-0.39, 0.29) is 11.4 Å². The number of carbonyl (C=O) groups excluding carboxylic acids is 1. The highest BCUT2D eigenvalue weighted by Crippen LogP contribution is 2.31. The smallest absolute Gasteiger partial charge is 0.244 e. The van der Waals surface area contributed by atoms with Crippen molar-refractivity contribution in [1.82, 2.24) is 9.29 Å². The fraction of sp³-hybridized carbons (Fsp3) is 0.263. The second-order valence-electron chi connectivity index (χ2n) is 6.57. The number of benzene rings is 2. The molecule has 1 fully saturated rings. The van der Waals surface area contributed by atoms with Crippen LogP contribution in [0.4, 0.5) is 9.52 Å². The third kappa shape index (κ3) is 4.02. The van der Waals surface area contributed by atoms with Crippen LogP contribution in [0.1, 0.15) is 12.8 Å². The van der Waals surface area contributed by atoms with Crippen LogP contribution in [0.3, 0.4) is 0 Å². The number of amides is 1. The van der Waals surface area contributed by atoms with Crippen LogP contribution < -0.4 is 5.32 Å². The van der Waals surface area contributed by atoms with Crippen LogP contribution >= 0.6 is 23.1 Å². The zero-order valence-corrected chi connectivity index (χ0v) is 17.9. The van der Waals surface area contributed by atoms with Gasteiger partial charge in [-0.2, -0.15) is 4.31 Å². The Bertz CT molecular complexity index is 1160. The van der Waals surface area contributed by atoms with Crippen LogP contribution in [0.25, 0.3) is 10.2 Å². The lowest BCUT2D eigenvalue weighted by Gasteiger charge is -2.23. The Labute approximate surface area is 176 Å². The molecule has 152 valence electrons. The summed E-state index contributed by atoms with van der Waals surface area (Å²) in [5.41, 5.74) is 0.783. The molecule has 0 spiro atoms. The van der Waals surface area contributed by atoms with Gasteiger partial charge in [-0.05, 0) is 61.6 Å². The normalized spacial score (nSPS) is 17.7. The summed E-state index contributed by atoms with van der Waals surface area (Å²) in [7, 11) is -3.89. The molecule has 1 aliphatic heterocycles. The van der Waals surface area contributed by atoms with E-state index in [2.05, 4.69) is 10.3 Å². The van der Waals surface area contributed by atoms with Crippen molar-refractivity contribution in [3.05, 3.63) is 48.3 Å². The van der Waals surface area contributed by atoms with Gasteiger partial charge >= 0.3 is 0 Å². The lowest BCUT2D eigenvalue weighted by atomic mass is 10.2. The quantitative estimate of drug-likeness (QED) is 0.594. The van der Waals surface area contributed by atoms with Crippen LogP contribution in [0, 0.1) is 5.82 Å². The molecule has 1 saturated heterocycles. The maximum absolute atomic E-state index is 13.2. The average molecular weight is 452 g/mol. The van der Waals surface area contributed by atoms with Gasteiger partial charge in [0.15, 0.2) is 5.13 Å². The fourth-order valence-electron chi connectivity index (χ4n) is 3.31. The molecule has 0 radical (unpaired) electrons. The lowest BCUT2D eigenvalue weighted by Crippen LogP contribution is -2.43. The van der Waals surface area contributed by atoms with Crippen molar-refractivity contribution in [1.29, 1.82) is 0 Å². The van der Waals surface area contributed by atoms with E-state index in [1.54, 1.807) is 11.8 Å². The molecule has 4 rings (SSSR count). The summed E-state index contributed by atoms with van der Waals surface area (Å²) < 4.78 is 41.2. The number of carbonyl (C=O) groups is 1. The van der Waals surface area contributed by atoms with Crippen LogP contribution in [-0.2, 0) is 14.8 Å². The molecule has 1 N–H and O–H groups in total. The maximum Gasteiger partial charge on any atom is 0.244 e. The van der Waals surface area contributed by atoms with Crippen LogP contribution in [0.15, 0.2) is 52.3 Å². The third-order valence-electron chi connectivity index (χ3n) is 4.75. The number of aromatic nitrogens is 1. The van der Waals surface area contributed by atoms with Gasteiger partial charge < -0.3 is 5.32 Å². The molecule has 0 aliphatic carbocycles. The number of hydrogen-bond donors (Lipinski definition) is 1. The number of hydrogen-bond acceptors (Lipinski definition) is 6. The van der Waals surface area contributed by atoms with Gasteiger partial charge in [-0.15, -0.1) is 11.8 Å². The number of anilines is 1. The number of rotatable bonds is 5. The molecule has 2 aromatic carbocycles. The van der Waals surface area contributed by atoms with Crippen molar-refractivity contribution in [2.24, 2.45) is 0 Å². The molecule has 3 aromatic rings. The first-order chi connectivity index (χ1) is 13.9. The van der Waals surface area contributed by atoms with Gasteiger partial charge in [0.05, 0.1) is 15.1 Å². The first kappa shape index (κ1) is 20.3. The van der Waals surface area contributed by atoms with Gasteiger partial charge in [0.25, 0.3) is 0 Å². The van der Waals surface area contributed by atoms with Gasteiger partial charge in [0.2, 0.25) is 15.9 Å². The standard InChI is InChI=1S/C19H18FN3O3S3/c1-27-13-6-9-15-17(11-13)28-19(21-15)22-18(24)16-3-2-10-23(16)29(25,26)14-7-4-12(20)5-8-14/h4-9,11,16H,2-3,10H2,1H3,(H,21,22,24). The molecule has 1 aliphatic rings. The Balaban J connectivity index is 1.55. The molecule has 0 bridgehead atoms. The number of nitrogens with one attached hydrogen (secondary N) is 1. The lowest BCUT2D eigenvalue weighted by molar-refractivity contribution is -0.119. The van der Waals surface area contributed by atoms with Crippen molar-refractivity contribution in [3.8, 4) is 0 Å². The highest BCUT2D eigenvalue weighted by molar-refractivity contribution is 7.98. The van der Waals surface area contributed by atoms with Crippen LogP contribution in [-0.4, -0.2) is 42.5 Å². The minimum Gasteiger partial charge on any atom is -0.301 e. The van der Waals surface area contributed by atoms with Gasteiger partial charge in [-0.25, -0.2) is 17.8 Å². The molecule has 1 atom stereocenters. The molecule has 1 aromatic heterocycles. The van der Waals surface area contributed by atoms with Gasteiger partial charge in [-0.3, -0.25) is 4.79 Å². The van der Waals surface area contributed by atoms with Crippen molar-refractivity contribution in [3.63, 3.8) is 0 Å². The Morgan fingerprint density at radius 2 is 2.03 bits per heavy atom. The zero-order valence-electron chi connectivity index (χ0n) is 15.5. The summed E-state index contributed by atoms with van der Waals surface area (Å²) in [6.45, 7) is 0.245. The number of sulfonamides is 1. The second-order valence-corrected chi connectivity index (χ2v) is 10.4. The summed E-state index contributed by atoms with van der Waals surface area (Å²) in [6.07, 6.45) is 2.99. The third-order valence-corrected chi connectivity index (χ3v) is 8.33. The summed E-state index contributed by atoms with van der Waals surface area (Å²) >= 11 is 2.98. The molecule has 29 heavy (non-hydrogen) atoms. The van der Waals surface area contributed by atoms with E-state index in [1.807, 2.05) is 24.5 Å². The Morgan fingerprint density at radius 1 is 1.28 bits per heavy atom. The monoisotopic (exact) mass is 451 g/mol. The minimum atomic E-state index is -3.89. The highest BCUT2D eigenvalue weighted by Gasteiger charge is 2.39. The summed E-state index contributed by atoms with van der Waals surface area (Å²) in [6, 6.07) is 9.68. The fourth-order valence-corrected chi connectivity index (χ4v) is 6.38. The SMILES string of the molecule is CSc1ccc2nc(NC(=O)C3CCCN3S(=O)(=O)c3ccc(F)cc3)sc2c1. The van der Waals surface area contributed by atoms with Crippen molar-refractivity contribution < 1.29 is 17.6 Å². The average Bonchev–Trinajstić information content (AvgIpc) is 3.34. The first-order valence-electron chi connectivity index (χ1n) is 8.91. The van der Waals surface area contributed by atoms with E-state index >= 15 is 0 Å². The first-order valence-corrected chi connectivity index (χ1v) is 12.4. The Morgan fingerprint density at radius 3 is 2.76 bits per heavy atom. The number of halogens is 1. The maximum atomic E-state index is 13.2. The summed E-state index contributed by atoms with van der Waals surface area (Å²) in [5.74, 6) is -0.919. The van der Waals surface area contributed by atoms with E-state index in [4.69, 9.17) is 0 Å². The predicted molar refractivity (Wildman–Crippen MR) is 113 cm³/mol. The molecule has 0 saturated carbocycles. The second kappa shape index (κ2) is 8.02. The van der Waals surface area contributed by atoms with Crippen LogP contribution in [0.5, 0.6) is 0 Å². The van der Waals surface area contributed by atoms with E-state index in [0.29, 0.717) is 18.0 Å². The highest BCUT2D eigenvalue weighted by atomic mass is 32.2. The Hall–Kier alpha value is -2.01. The predicted octanol–water partition coefficient (Wildman–Crippen LogP) is 3.95. The number of fused-ring (bicyclic) bond motifs is 1. The van der Waals surface area contributed by atoms with E-state index in [9.17, 15) is 17.6 Å². The minimum absolute atomic E-state index is 0.0248. The van der Waals surface area contributed by atoms with E-state index < -0.39 is 27.8 Å². The molecule has 1 amide bonds. The summed E-state index contributed by atoms with van der Waals surface area (Å²) in [4.78, 5) is 18.3. The van der Waals surface area contributed by atoms with E-state index in [1.165, 1.54) is 27.8 Å². The molecular formula is C19H18FN3O3S3. The van der Waals surface area contributed by atoms with Crippen molar-refractivity contribution >= 4 is 54.4 Å². The van der Waals surface area contributed by atoms with Gasteiger partial charge in [-0.1, -0.05) is 11.3 Å². The van der Waals surface area contributed by atoms with Gasteiger partial charge in [0, 0.05) is 11.4 Å². The molecule has 6 nitrogen and oxygen atoms in total. The number of nitrogens with zero attached hydrogens (tertiary/aromatic N) is 2. The summed E-state index contributed by atoms with van der Waals surface area (Å²) in [5, 5.41) is 3.21. The molecule has 2 heterocycles. The van der Waals surface area contributed by atoms with Crippen LogP contribution in [0.2, 0.25) is 0 Å². The van der Waals surface area contributed by atoms with Gasteiger partial charge in [0.1, 0.15) is 11.9 Å². The molecule has 1 unspecified atom stereocenters. The van der Waals surface area contributed by atoms with Crippen molar-refractivity contribution in [2.45, 2.75) is 28.7 Å². The van der Waals surface area contributed by atoms with E-state index in [0.717, 1.165) is 27.2 Å². The van der Waals surface area contributed by atoms with Crippen molar-refractivity contribution in [2.75, 3.05) is 18.1 Å². The topological polar surface area (TPSA) is 79.4 Å². The number of thioether (sulfide) groups is 1. The largest absolute Gasteiger partial charge is 0.301 e. The molecule has 10 heteroatoms. The molecular weight excluding hydrogens is 433 g/mol.